The quantitative estimate of drug-likeness (QED) is 0.329. The summed E-state index contributed by atoms with van der Waals surface area (Å²) in [5.74, 6) is -0.233. The summed E-state index contributed by atoms with van der Waals surface area (Å²) in [6.07, 6.45) is 3.25. The van der Waals surface area contributed by atoms with Crippen LogP contribution in [-0.4, -0.2) is 27.5 Å². The van der Waals surface area contributed by atoms with Gasteiger partial charge >= 0.3 is 0 Å². The Labute approximate surface area is 111 Å². The van der Waals surface area contributed by atoms with Crippen molar-refractivity contribution in [2.24, 2.45) is 10.9 Å². The molecule has 0 atom stereocenters. The summed E-state index contributed by atoms with van der Waals surface area (Å²) in [6.45, 7) is 1.83. The second kappa shape index (κ2) is 5.26. The Morgan fingerprint density at radius 2 is 2.16 bits per heavy atom. The first kappa shape index (κ1) is 13.3. The second-order valence-electron chi connectivity index (χ2n) is 4.89. The summed E-state index contributed by atoms with van der Waals surface area (Å²) >= 11 is 0. The summed E-state index contributed by atoms with van der Waals surface area (Å²) in [4.78, 5) is 16.4. The Bertz CT molecular complexity index is 507. The molecule has 0 saturated heterocycles. The van der Waals surface area contributed by atoms with Crippen molar-refractivity contribution in [3.8, 4) is 0 Å². The second-order valence-corrected chi connectivity index (χ2v) is 4.89. The van der Waals surface area contributed by atoms with Crippen LogP contribution in [0.3, 0.4) is 0 Å². The highest BCUT2D eigenvalue weighted by Crippen LogP contribution is 2.30. The van der Waals surface area contributed by atoms with Crippen LogP contribution in [0.25, 0.3) is 0 Å². The van der Waals surface area contributed by atoms with Gasteiger partial charge in [-0.2, -0.15) is 0 Å². The number of hydrogen-bond acceptors (Lipinski definition) is 4. The molecular formula is C13H18N4O2. The third-order valence-electron chi connectivity index (χ3n) is 3.53. The van der Waals surface area contributed by atoms with Gasteiger partial charge < -0.3 is 16.3 Å². The molecule has 19 heavy (non-hydrogen) atoms. The van der Waals surface area contributed by atoms with Gasteiger partial charge in [-0.25, -0.2) is 4.98 Å². The van der Waals surface area contributed by atoms with E-state index in [4.69, 9.17) is 10.9 Å². The summed E-state index contributed by atoms with van der Waals surface area (Å²) in [5, 5.41) is 14.8. The number of amidine groups is 1. The minimum atomic E-state index is -0.739. The number of nitrogens with zero attached hydrogens (tertiary/aromatic N) is 2. The van der Waals surface area contributed by atoms with Crippen LogP contribution < -0.4 is 11.1 Å². The maximum Gasteiger partial charge on any atom is 0.270 e. The van der Waals surface area contributed by atoms with E-state index in [1.54, 1.807) is 12.1 Å². The normalized spacial score (nSPS) is 18.3. The van der Waals surface area contributed by atoms with Crippen molar-refractivity contribution in [3.63, 3.8) is 0 Å². The first-order valence-electron chi connectivity index (χ1n) is 6.31. The van der Waals surface area contributed by atoms with Crippen LogP contribution in [0.2, 0.25) is 0 Å². The molecule has 0 unspecified atom stereocenters. The molecule has 102 valence electrons. The highest BCUT2D eigenvalue weighted by atomic mass is 16.4. The molecule has 6 nitrogen and oxygen atoms in total. The summed E-state index contributed by atoms with van der Waals surface area (Å²) in [7, 11) is 0. The predicted molar refractivity (Wildman–Crippen MR) is 71.0 cm³/mol. The highest BCUT2D eigenvalue weighted by Gasteiger charge is 2.40. The van der Waals surface area contributed by atoms with Gasteiger partial charge in [0.25, 0.3) is 5.91 Å². The van der Waals surface area contributed by atoms with Crippen molar-refractivity contribution in [2.75, 3.05) is 0 Å². The molecule has 1 aliphatic rings. The van der Waals surface area contributed by atoms with E-state index < -0.39 is 5.54 Å². The van der Waals surface area contributed by atoms with Gasteiger partial charge in [-0.1, -0.05) is 24.1 Å². The lowest BCUT2D eigenvalue weighted by molar-refractivity contribution is 0.0917. The Morgan fingerprint density at radius 3 is 2.74 bits per heavy atom. The number of aromatic nitrogens is 1. The maximum absolute atomic E-state index is 12.2. The van der Waals surface area contributed by atoms with Crippen molar-refractivity contribution < 1.29 is 10.0 Å². The number of rotatable bonds is 3. The molecule has 0 aliphatic heterocycles. The zero-order valence-electron chi connectivity index (χ0n) is 10.9. The average molecular weight is 262 g/mol. The Hall–Kier alpha value is -2.11. The number of nitrogens with two attached hydrogens (primary N) is 1. The highest BCUT2D eigenvalue weighted by molar-refractivity contribution is 5.99. The van der Waals surface area contributed by atoms with E-state index in [2.05, 4.69) is 15.5 Å². The largest absolute Gasteiger partial charge is 0.409 e. The van der Waals surface area contributed by atoms with Crippen molar-refractivity contribution in [2.45, 2.75) is 38.1 Å². The molecule has 4 N–H and O–H groups in total. The van der Waals surface area contributed by atoms with E-state index in [-0.39, 0.29) is 11.7 Å². The third kappa shape index (κ3) is 2.67. The molecule has 1 aromatic heterocycles. The smallest absolute Gasteiger partial charge is 0.270 e. The standard InChI is InChI=1S/C13H18N4O2/c1-9-5-4-6-10(15-9)11(18)16-13(12(14)17-19)7-2-3-8-13/h4-6,19H,2-3,7-8H2,1H3,(H2,14,17)(H,16,18). The first-order valence-corrected chi connectivity index (χ1v) is 6.31. The van der Waals surface area contributed by atoms with Gasteiger partial charge in [-0.15, -0.1) is 0 Å². The van der Waals surface area contributed by atoms with E-state index in [9.17, 15) is 4.79 Å². The lowest BCUT2D eigenvalue weighted by atomic mass is 9.96. The molecular weight excluding hydrogens is 244 g/mol. The van der Waals surface area contributed by atoms with E-state index in [1.807, 2.05) is 13.0 Å². The van der Waals surface area contributed by atoms with Crippen LogP contribution in [0.4, 0.5) is 0 Å². The van der Waals surface area contributed by atoms with Gasteiger partial charge in [-0.3, -0.25) is 4.79 Å². The van der Waals surface area contributed by atoms with Crippen molar-refractivity contribution in [1.82, 2.24) is 10.3 Å². The fourth-order valence-corrected chi connectivity index (χ4v) is 2.47. The maximum atomic E-state index is 12.2. The first-order chi connectivity index (χ1) is 9.07. The van der Waals surface area contributed by atoms with E-state index in [0.29, 0.717) is 18.5 Å². The Balaban J connectivity index is 2.21. The van der Waals surface area contributed by atoms with Gasteiger partial charge in [-0.05, 0) is 31.9 Å². The Kier molecular flexibility index (Phi) is 3.69. The van der Waals surface area contributed by atoms with Gasteiger partial charge in [0.1, 0.15) is 11.2 Å². The van der Waals surface area contributed by atoms with E-state index in [0.717, 1.165) is 18.5 Å². The predicted octanol–water partition coefficient (Wildman–Crippen LogP) is 1.18. The Morgan fingerprint density at radius 1 is 1.47 bits per heavy atom. The topological polar surface area (TPSA) is 101 Å². The molecule has 2 rings (SSSR count). The van der Waals surface area contributed by atoms with Crippen molar-refractivity contribution in [3.05, 3.63) is 29.6 Å². The molecule has 0 bridgehead atoms. The molecule has 0 spiro atoms. The molecule has 1 saturated carbocycles. The number of oxime groups is 1. The lowest BCUT2D eigenvalue weighted by Crippen LogP contribution is -2.55. The van der Waals surface area contributed by atoms with E-state index >= 15 is 0 Å². The van der Waals surface area contributed by atoms with Crippen LogP contribution >= 0.6 is 0 Å². The molecule has 6 heteroatoms. The summed E-state index contributed by atoms with van der Waals surface area (Å²) < 4.78 is 0. The SMILES string of the molecule is Cc1cccc(C(=O)NC2(/C(N)=N/O)CCCC2)n1. The number of carbonyl (C=O) groups is 1. The fourth-order valence-electron chi connectivity index (χ4n) is 2.47. The minimum Gasteiger partial charge on any atom is -0.409 e. The van der Waals surface area contributed by atoms with Crippen molar-refractivity contribution >= 4 is 11.7 Å². The molecule has 1 aromatic rings. The van der Waals surface area contributed by atoms with Gasteiger partial charge in [0.2, 0.25) is 0 Å². The van der Waals surface area contributed by atoms with Crippen LogP contribution in [0.5, 0.6) is 0 Å². The minimum absolute atomic E-state index is 0.0611. The number of amides is 1. The molecule has 1 heterocycles. The number of carbonyl (C=O) groups excluding carboxylic acids is 1. The van der Waals surface area contributed by atoms with Gasteiger partial charge in [0.05, 0.1) is 0 Å². The monoisotopic (exact) mass is 262 g/mol. The van der Waals surface area contributed by atoms with Crippen molar-refractivity contribution in [1.29, 1.82) is 0 Å². The van der Waals surface area contributed by atoms with E-state index in [1.165, 1.54) is 0 Å². The zero-order chi connectivity index (χ0) is 13.9. The molecule has 1 aliphatic carbocycles. The molecule has 1 amide bonds. The fraction of sp³-hybridized carbons (Fsp3) is 0.462. The van der Waals surface area contributed by atoms with Crippen LogP contribution in [-0.2, 0) is 0 Å². The third-order valence-corrected chi connectivity index (χ3v) is 3.53. The average Bonchev–Trinajstić information content (AvgIpc) is 2.87. The van der Waals surface area contributed by atoms with Gasteiger partial charge in [0, 0.05) is 5.69 Å². The zero-order valence-corrected chi connectivity index (χ0v) is 10.9. The van der Waals surface area contributed by atoms with Crippen LogP contribution in [0, 0.1) is 6.92 Å². The van der Waals surface area contributed by atoms with Gasteiger partial charge in [0.15, 0.2) is 5.84 Å². The number of hydrogen-bond donors (Lipinski definition) is 3. The number of nitrogens with one attached hydrogen (secondary N) is 1. The molecule has 0 aromatic carbocycles. The van der Waals surface area contributed by atoms with Crippen LogP contribution in [0.15, 0.2) is 23.4 Å². The lowest BCUT2D eigenvalue weighted by Gasteiger charge is -2.28. The molecule has 1 fully saturated rings. The summed E-state index contributed by atoms with van der Waals surface area (Å²) in [6, 6.07) is 5.25. The molecule has 0 radical (unpaired) electrons. The summed E-state index contributed by atoms with van der Waals surface area (Å²) in [5.41, 5.74) is 6.11. The number of aryl methyl sites for hydroxylation is 1. The number of pyridine rings is 1. The van der Waals surface area contributed by atoms with Crippen LogP contribution in [0.1, 0.15) is 41.9 Å².